The zero-order valence-corrected chi connectivity index (χ0v) is 18.1. The Morgan fingerprint density at radius 1 is 0.793 bits per heavy atom. The van der Waals surface area contributed by atoms with Gasteiger partial charge < -0.3 is 5.32 Å². The summed E-state index contributed by atoms with van der Waals surface area (Å²) in [6.45, 7) is 10.2. The van der Waals surface area contributed by atoms with E-state index in [0.29, 0.717) is 0 Å². The Hall–Kier alpha value is -2.71. The topological polar surface area (TPSA) is 24.4 Å². The van der Waals surface area contributed by atoms with Gasteiger partial charge in [-0.05, 0) is 50.8 Å². The highest BCUT2D eigenvalue weighted by Gasteiger charge is 2.12. The van der Waals surface area contributed by atoms with E-state index < -0.39 is 0 Å². The number of benzene rings is 3. The molecule has 0 amide bonds. The van der Waals surface area contributed by atoms with Crippen LogP contribution in [-0.2, 0) is 6.42 Å². The number of hydrogen-bond donors (Lipinski definition) is 1. The van der Waals surface area contributed by atoms with Gasteiger partial charge in [0.25, 0.3) is 0 Å². The van der Waals surface area contributed by atoms with Gasteiger partial charge in [0.2, 0.25) is 0 Å². The SMILES string of the molecule is Cc1cc(C)cc(C=NCCNC(Cc2ccccc2)c2cc(C)cc(C)c2)c1. The zero-order chi connectivity index (χ0) is 20.6. The minimum Gasteiger partial charge on any atom is -0.308 e. The molecule has 0 spiro atoms. The van der Waals surface area contributed by atoms with Crippen LogP contribution in [0.25, 0.3) is 0 Å². The second-order valence-electron chi connectivity index (χ2n) is 8.07. The highest BCUT2D eigenvalue weighted by molar-refractivity contribution is 5.80. The van der Waals surface area contributed by atoms with Gasteiger partial charge >= 0.3 is 0 Å². The van der Waals surface area contributed by atoms with Crippen molar-refractivity contribution >= 4 is 6.21 Å². The summed E-state index contributed by atoms with van der Waals surface area (Å²) in [5.41, 5.74) is 9.07. The third-order valence-electron chi connectivity index (χ3n) is 5.05. The lowest BCUT2D eigenvalue weighted by molar-refractivity contribution is 0.538. The monoisotopic (exact) mass is 384 g/mol. The van der Waals surface area contributed by atoms with Gasteiger partial charge in [0.05, 0.1) is 6.54 Å². The van der Waals surface area contributed by atoms with E-state index in [2.05, 4.69) is 105 Å². The number of nitrogens with zero attached hydrogens (tertiary/aromatic N) is 1. The number of aliphatic imine (C=N–C) groups is 1. The summed E-state index contributed by atoms with van der Waals surface area (Å²) in [5.74, 6) is 0. The number of aryl methyl sites for hydroxylation is 4. The Labute approximate surface area is 175 Å². The van der Waals surface area contributed by atoms with Crippen LogP contribution in [0, 0.1) is 27.7 Å². The van der Waals surface area contributed by atoms with Crippen molar-refractivity contribution in [3.63, 3.8) is 0 Å². The van der Waals surface area contributed by atoms with Crippen molar-refractivity contribution in [1.29, 1.82) is 0 Å². The van der Waals surface area contributed by atoms with E-state index in [9.17, 15) is 0 Å². The van der Waals surface area contributed by atoms with E-state index in [1.165, 1.54) is 38.9 Å². The molecule has 2 nitrogen and oxygen atoms in total. The molecule has 3 rings (SSSR count). The maximum Gasteiger partial charge on any atom is 0.0514 e. The van der Waals surface area contributed by atoms with Gasteiger partial charge in [-0.15, -0.1) is 0 Å². The van der Waals surface area contributed by atoms with Gasteiger partial charge in [-0.25, -0.2) is 0 Å². The van der Waals surface area contributed by atoms with E-state index in [1.807, 2.05) is 6.21 Å². The average Bonchev–Trinajstić information content (AvgIpc) is 2.66. The van der Waals surface area contributed by atoms with Gasteiger partial charge in [-0.2, -0.15) is 0 Å². The van der Waals surface area contributed by atoms with E-state index in [0.717, 1.165) is 19.5 Å². The standard InChI is InChI=1S/C27H32N2/c1-20-12-21(2)15-25(14-20)19-28-10-11-29-27(18-24-8-6-5-7-9-24)26-16-22(3)13-23(4)17-26/h5-9,12-17,19,27,29H,10-11,18H2,1-4H3. The Bertz CT molecular complexity index is 917. The maximum atomic E-state index is 4.64. The van der Waals surface area contributed by atoms with E-state index in [4.69, 9.17) is 0 Å². The summed E-state index contributed by atoms with van der Waals surface area (Å²) in [6.07, 6.45) is 2.97. The van der Waals surface area contributed by atoms with Crippen molar-refractivity contribution in [1.82, 2.24) is 5.32 Å². The first-order valence-electron chi connectivity index (χ1n) is 10.4. The third kappa shape index (κ3) is 6.69. The summed E-state index contributed by atoms with van der Waals surface area (Å²) in [4.78, 5) is 4.64. The van der Waals surface area contributed by atoms with Gasteiger partial charge in [0.1, 0.15) is 0 Å². The van der Waals surface area contributed by atoms with Crippen molar-refractivity contribution in [2.24, 2.45) is 4.99 Å². The van der Waals surface area contributed by atoms with Gasteiger partial charge in [0.15, 0.2) is 0 Å². The first-order chi connectivity index (χ1) is 14.0. The zero-order valence-electron chi connectivity index (χ0n) is 18.1. The molecule has 2 heteroatoms. The van der Waals surface area contributed by atoms with Crippen LogP contribution in [0.3, 0.4) is 0 Å². The molecule has 0 heterocycles. The first kappa shape index (κ1) is 21.0. The molecular formula is C27H32N2. The van der Waals surface area contributed by atoms with E-state index in [1.54, 1.807) is 0 Å². The smallest absolute Gasteiger partial charge is 0.0514 e. The Kier molecular flexibility index (Phi) is 7.37. The lowest BCUT2D eigenvalue weighted by Gasteiger charge is -2.20. The summed E-state index contributed by atoms with van der Waals surface area (Å²) < 4.78 is 0. The minimum atomic E-state index is 0.285. The Morgan fingerprint density at radius 3 is 2.00 bits per heavy atom. The predicted molar refractivity (Wildman–Crippen MR) is 125 cm³/mol. The molecule has 0 saturated carbocycles. The molecule has 0 aliphatic carbocycles. The van der Waals surface area contributed by atoms with Crippen LogP contribution < -0.4 is 5.32 Å². The van der Waals surface area contributed by atoms with Gasteiger partial charge in [0, 0.05) is 18.8 Å². The van der Waals surface area contributed by atoms with Crippen LogP contribution in [-0.4, -0.2) is 19.3 Å². The molecular weight excluding hydrogens is 352 g/mol. The van der Waals surface area contributed by atoms with Crippen LogP contribution in [0.1, 0.15) is 45.0 Å². The molecule has 0 aliphatic rings. The molecule has 0 radical (unpaired) electrons. The fraction of sp³-hybridized carbons (Fsp3) is 0.296. The van der Waals surface area contributed by atoms with Crippen molar-refractivity contribution in [2.45, 2.75) is 40.2 Å². The van der Waals surface area contributed by atoms with Crippen LogP contribution in [0.15, 0.2) is 71.7 Å². The molecule has 0 aromatic heterocycles. The quantitative estimate of drug-likeness (QED) is 0.379. The summed E-state index contributed by atoms with van der Waals surface area (Å²) in [6, 6.07) is 24.4. The van der Waals surface area contributed by atoms with Crippen molar-refractivity contribution < 1.29 is 0 Å². The molecule has 3 aromatic rings. The highest BCUT2D eigenvalue weighted by Crippen LogP contribution is 2.21. The second-order valence-corrected chi connectivity index (χ2v) is 8.07. The molecule has 1 N–H and O–H groups in total. The molecule has 29 heavy (non-hydrogen) atoms. The molecule has 1 unspecified atom stereocenters. The fourth-order valence-electron chi connectivity index (χ4n) is 3.93. The number of nitrogens with one attached hydrogen (secondary N) is 1. The lowest BCUT2D eigenvalue weighted by atomic mass is 9.96. The Balaban J connectivity index is 1.65. The minimum absolute atomic E-state index is 0.285. The molecule has 0 saturated heterocycles. The number of rotatable bonds is 8. The lowest BCUT2D eigenvalue weighted by Crippen LogP contribution is -2.26. The molecule has 0 aliphatic heterocycles. The maximum absolute atomic E-state index is 4.64. The van der Waals surface area contributed by atoms with Gasteiger partial charge in [-0.3, -0.25) is 4.99 Å². The molecule has 1 atom stereocenters. The molecule has 0 bridgehead atoms. The fourth-order valence-corrected chi connectivity index (χ4v) is 3.93. The van der Waals surface area contributed by atoms with Crippen LogP contribution in [0.4, 0.5) is 0 Å². The molecule has 3 aromatic carbocycles. The normalized spacial score (nSPS) is 12.4. The molecule has 150 valence electrons. The van der Waals surface area contributed by atoms with E-state index >= 15 is 0 Å². The first-order valence-corrected chi connectivity index (χ1v) is 10.4. The van der Waals surface area contributed by atoms with Crippen LogP contribution in [0.5, 0.6) is 0 Å². The van der Waals surface area contributed by atoms with Gasteiger partial charge in [-0.1, -0.05) is 89.0 Å². The second kappa shape index (κ2) is 10.2. The van der Waals surface area contributed by atoms with Crippen LogP contribution >= 0.6 is 0 Å². The Morgan fingerprint density at radius 2 is 1.38 bits per heavy atom. The van der Waals surface area contributed by atoms with E-state index in [-0.39, 0.29) is 6.04 Å². The average molecular weight is 385 g/mol. The van der Waals surface area contributed by atoms with Crippen LogP contribution in [0.2, 0.25) is 0 Å². The van der Waals surface area contributed by atoms with Crippen molar-refractivity contribution in [3.8, 4) is 0 Å². The predicted octanol–water partition coefficient (Wildman–Crippen LogP) is 5.91. The van der Waals surface area contributed by atoms with Crippen molar-refractivity contribution in [2.75, 3.05) is 13.1 Å². The summed E-state index contributed by atoms with van der Waals surface area (Å²) in [7, 11) is 0. The highest BCUT2D eigenvalue weighted by atomic mass is 14.9. The number of hydrogen-bond acceptors (Lipinski definition) is 2. The summed E-state index contributed by atoms with van der Waals surface area (Å²) >= 11 is 0. The van der Waals surface area contributed by atoms with Crippen molar-refractivity contribution in [3.05, 3.63) is 106 Å². The summed E-state index contributed by atoms with van der Waals surface area (Å²) in [5, 5.41) is 3.73. The largest absolute Gasteiger partial charge is 0.308 e. The third-order valence-corrected chi connectivity index (χ3v) is 5.05. The molecule has 0 fully saturated rings.